The van der Waals surface area contributed by atoms with Crippen molar-refractivity contribution in [2.45, 2.75) is 31.3 Å². The lowest BCUT2D eigenvalue weighted by atomic mass is 9.92. The number of para-hydroxylation sites is 1. The van der Waals surface area contributed by atoms with E-state index in [0.717, 1.165) is 75.0 Å². The zero-order valence-electron chi connectivity index (χ0n) is 31.4. The number of fused-ring (bicyclic) bond motifs is 2. The quantitative estimate of drug-likeness (QED) is 0.113. The van der Waals surface area contributed by atoms with Gasteiger partial charge < -0.3 is 35.9 Å². The predicted octanol–water partition coefficient (Wildman–Crippen LogP) is 8.92. The number of morpholine rings is 1. The highest BCUT2D eigenvalue weighted by molar-refractivity contribution is 6.31. The van der Waals surface area contributed by atoms with Gasteiger partial charge in [0.05, 0.1) is 39.5 Å². The molecule has 2 fully saturated rings. The first-order valence-corrected chi connectivity index (χ1v) is 19.2. The Hall–Kier alpha value is -5.19. The number of benzene rings is 6. The Bertz CT molecular complexity index is 2270. The predicted molar refractivity (Wildman–Crippen MR) is 223 cm³/mol. The number of nitrogens with two attached hydrogens (primary N) is 2. The summed E-state index contributed by atoms with van der Waals surface area (Å²) in [7, 11) is 3.26. The number of hydrogen-bond donors (Lipinski definition) is 4. The number of anilines is 2. The molecule has 0 aromatic heterocycles. The van der Waals surface area contributed by atoms with Gasteiger partial charge in [0.25, 0.3) is 0 Å². The van der Waals surface area contributed by atoms with E-state index in [1.54, 1.807) is 14.2 Å². The van der Waals surface area contributed by atoms with E-state index in [2.05, 4.69) is 15.9 Å². The van der Waals surface area contributed by atoms with E-state index in [1.165, 1.54) is 19.3 Å². The van der Waals surface area contributed by atoms with Crippen LogP contribution in [0.25, 0.3) is 21.5 Å². The van der Waals surface area contributed by atoms with Crippen molar-refractivity contribution >= 4 is 44.5 Å². The maximum absolute atomic E-state index is 11.2. The fraction of sp³-hybridized carbons (Fsp3) is 0.289. The molecule has 2 aliphatic heterocycles. The van der Waals surface area contributed by atoms with Crippen molar-refractivity contribution in [2.24, 2.45) is 0 Å². The van der Waals surface area contributed by atoms with Crippen LogP contribution >= 0.6 is 11.6 Å². The van der Waals surface area contributed by atoms with Crippen LogP contribution in [0.1, 0.15) is 53.6 Å². The second kappa shape index (κ2) is 17.1. The maximum atomic E-state index is 11.2. The molecule has 55 heavy (non-hydrogen) atoms. The second-order valence-corrected chi connectivity index (χ2v) is 14.5. The third-order valence-corrected chi connectivity index (χ3v) is 11.2. The summed E-state index contributed by atoms with van der Waals surface area (Å²) in [6, 6.07) is 32.7. The molecule has 6 N–H and O–H groups in total. The van der Waals surface area contributed by atoms with Crippen molar-refractivity contribution < 1.29 is 24.4 Å². The average molecular weight is 761 g/mol. The molecule has 10 heteroatoms. The van der Waals surface area contributed by atoms with E-state index >= 15 is 0 Å². The number of aromatic hydroxyl groups is 2. The molecule has 286 valence electrons. The summed E-state index contributed by atoms with van der Waals surface area (Å²) >= 11 is 6.56. The van der Waals surface area contributed by atoms with Gasteiger partial charge in [0.2, 0.25) is 0 Å². The lowest BCUT2D eigenvalue weighted by molar-refractivity contribution is 0.0231. The van der Waals surface area contributed by atoms with Crippen LogP contribution in [-0.4, -0.2) is 73.6 Å². The van der Waals surface area contributed by atoms with Gasteiger partial charge in [-0.3, -0.25) is 9.80 Å². The number of halogens is 1. The number of piperidine rings is 1. The van der Waals surface area contributed by atoms with Gasteiger partial charge in [0, 0.05) is 67.7 Å². The molecule has 6 aromatic carbocycles. The smallest absolute Gasteiger partial charge is 0.165 e. The maximum Gasteiger partial charge on any atom is 0.165 e. The van der Waals surface area contributed by atoms with Gasteiger partial charge in [-0.2, -0.15) is 0 Å². The lowest BCUT2D eigenvalue weighted by Crippen LogP contribution is -2.39. The van der Waals surface area contributed by atoms with Crippen LogP contribution in [0.5, 0.6) is 23.0 Å². The van der Waals surface area contributed by atoms with Crippen molar-refractivity contribution in [3.8, 4) is 23.0 Å². The molecule has 2 heterocycles. The Balaban J connectivity index is 0.000000170. The second-order valence-electron chi connectivity index (χ2n) is 14.0. The van der Waals surface area contributed by atoms with Crippen molar-refractivity contribution in [1.82, 2.24) is 9.80 Å². The fourth-order valence-electron chi connectivity index (χ4n) is 8.17. The van der Waals surface area contributed by atoms with Gasteiger partial charge in [-0.15, -0.1) is 0 Å². The van der Waals surface area contributed by atoms with Crippen molar-refractivity contribution in [3.63, 3.8) is 0 Å². The van der Waals surface area contributed by atoms with Crippen LogP contribution in [0.15, 0.2) is 103 Å². The zero-order valence-corrected chi connectivity index (χ0v) is 32.1. The largest absolute Gasteiger partial charge is 0.507 e. The standard InChI is InChI=1S/C23H26N2O4.C22H23ClN2O/c1-27-20-8-4-6-18(23(20)28-2)21(25-11-13-29-14-12-25)17-10-9-15-16(22(17)26)5-3-7-19(15)24;23-19-9-3-2-7-17(19)21(25-13-4-1-5-14-25)18-12-11-15-16(22(18)26)8-6-10-20(15)24/h3-10,21,26H,11-14,24H2,1-2H3;2-3,6-12,21,26H,1,4-5,13-14,24H2. The first-order valence-electron chi connectivity index (χ1n) is 18.8. The van der Waals surface area contributed by atoms with Crippen molar-refractivity contribution in [2.75, 3.05) is 65.1 Å². The van der Waals surface area contributed by atoms with Crippen LogP contribution in [-0.2, 0) is 4.74 Å². The number of nitrogens with zero attached hydrogens (tertiary/aromatic N) is 2. The number of ether oxygens (including phenoxy) is 3. The van der Waals surface area contributed by atoms with Gasteiger partial charge in [-0.05, 0) is 55.8 Å². The van der Waals surface area contributed by atoms with Gasteiger partial charge in [0.15, 0.2) is 11.5 Å². The molecule has 0 bridgehead atoms. The van der Waals surface area contributed by atoms with Crippen molar-refractivity contribution in [1.29, 1.82) is 0 Å². The Morgan fingerprint density at radius 2 is 1.09 bits per heavy atom. The molecule has 9 nitrogen and oxygen atoms in total. The molecule has 0 spiro atoms. The summed E-state index contributed by atoms with van der Waals surface area (Å²) in [6.07, 6.45) is 3.59. The number of phenols is 2. The van der Waals surface area contributed by atoms with Crippen LogP contribution in [0.4, 0.5) is 11.4 Å². The molecule has 0 aliphatic carbocycles. The van der Waals surface area contributed by atoms with Gasteiger partial charge >= 0.3 is 0 Å². The number of methoxy groups -OCH3 is 2. The first-order chi connectivity index (χ1) is 26.8. The van der Waals surface area contributed by atoms with E-state index in [4.69, 9.17) is 37.3 Å². The summed E-state index contributed by atoms with van der Waals surface area (Å²) in [4.78, 5) is 4.73. The molecule has 0 saturated carbocycles. The summed E-state index contributed by atoms with van der Waals surface area (Å²) in [5.74, 6) is 1.85. The summed E-state index contributed by atoms with van der Waals surface area (Å²) in [6.45, 7) is 4.79. The fourth-order valence-corrected chi connectivity index (χ4v) is 8.40. The first kappa shape index (κ1) is 38.1. The SMILES string of the molecule is COc1cccc(C(c2ccc3c(N)cccc3c2O)N2CCOCC2)c1OC.Nc1cccc2c(O)c(C(c3ccccc3Cl)N3CCCCC3)ccc12. The van der Waals surface area contributed by atoms with Gasteiger partial charge in [-0.25, -0.2) is 0 Å². The van der Waals surface area contributed by atoms with E-state index < -0.39 is 0 Å². The summed E-state index contributed by atoms with van der Waals surface area (Å²) in [5.41, 5.74) is 17.2. The number of phenolic OH excluding ortho intramolecular Hbond substituents is 2. The molecular weight excluding hydrogens is 712 g/mol. The van der Waals surface area contributed by atoms with Crippen LogP contribution < -0.4 is 20.9 Å². The molecule has 2 saturated heterocycles. The minimum Gasteiger partial charge on any atom is -0.507 e. The normalized spacial score (nSPS) is 16.3. The molecular formula is C45H49ClN4O5. The third kappa shape index (κ3) is 7.71. The number of hydrogen-bond acceptors (Lipinski definition) is 9. The Morgan fingerprint density at radius 1 is 0.564 bits per heavy atom. The molecule has 0 radical (unpaired) electrons. The van der Waals surface area contributed by atoms with Crippen molar-refractivity contribution in [3.05, 3.63) is 130 Å². The highest BCUT2D eigenvalue weighted by Gasteiger charge is 2.31. The molecule has 2 unspecified atom stereocenters. The van der Waals surface area contributed by atoms with E-state index in [9.17, 15) is 10.2 Å². The van der Waals surface area contributed by atoms with Gasteiger partial charge in [0.1, 0.15) is 11.5 Å². The lowest BCUT2D eigenvalue weighted by Gasteiger charge is -2.36. The Labute approximate surface area is 327 Å². The number of likely N-dealkylation sites (tertiary alicyclic amines) is 1. The monoisotopic (exact) mass is 760 g/mol. The Kier molecular flexibility index (Phi) is 11.8. The van der Waals surface area contributed by atoms with E-state index in [0.29, 0.717) is 41.8 Å². The molecule has 0 amide bonds. The minimum absolute atomic E-state index is 0.0603. The highest BCUT2D eigenvalue weighted by atomic mass is 35.5. The van der Waals surface area contributed by atoms with Crippen LogP contribution in [0.2, 0.25) is 5.02 Å². The summed E-state index contributed by atoms with van der Waals surface area (Å²) in [5, 5.41) is 26.3. The number of rotatable bonds is 8. The molecule has 2 aliphatic rings. The van der Waals surface area contributed by atoms with Crippen LogP contribution in [0, 0.1) is 0 Å². The third-order valence-electron chi connectivity index (χ3n) is 10.9. The van der Waals surface area contributed by atoms with E-state index in [-0.39, 0.29) is 17.8 Å². The average Bonchev–Trinajstić information content (AvgIpc) is 3.22. The topological polar surface area (TPSA) is 127 Å². The molecule has 6 aromatic rings. The van der Waals surface area contributed by atoms with Gasteiger partial charge in [-0.1, -0.05) is 96.9 Å². The molecule has 8 rings (SSSR count). The molecule has 2 atom stereocenters. The van der Waals surface area contributed by atoms with Crippen LogP contribution in [0.3, 0.4) is 0 Å². The number of nitrogen functional groups attached to an aromatic ring is 2. The highest BCUT2D eigenvalue weighted by Crippen LogP contribution is 2.46. The zero-order chi connectivity index (χ0) is 38.5. The van der Waals surface area contributed by atoms with E-state index in [1.807, 2.05) is 97.1 Å². The summed E-state index contributed by atoms with van der Waals surface area (Å²) < 4.78 is 16.8. The Morgan fingerprint density at radius 3 is 1.65 bits per heavy atom. The minimum atomic E-state index is -0.213.